The van der Waals surface area contributed by atoms with Gasteiger partial charge in [0.05, 0.1) is 23.8 Å². The van der Waals surface area contributed by atoms with Crippen molar-refractivity contribution in [3.8, 4) is 0 Å². The number of ether oxygens (including phenoxy) is 1. The van der Waals surface area contributed by atoms with Crippen LogP contribution < -0.4 is 5.73 Å². The first-order valence-corrected chi connectivity index (χ1v) is 11.0. The number of alkyl halides is 6. The fraction of sp³-hybridized carbons (Fsp3) is 0.520. The second kappa shape index (κ2) is 9.29. The molecule has 0 heterocycles. The Hall–Kier alpha value is -2.06. The van der Waals surface area contributed by atoms with Crippen molar-refractivity contribution < 1.29 is 31.1 Å². The summed E-state index contributed by atoms with van der Waals surface area (Å²) >= 11 is 0. The Balaban J connectivity index is 1.87. The van der Waals surface area contributed by atoms with Crippen molar-refractivity contribution in [3.63, 3.8) is 0 Å². The minimum Gasteiger partial charge on any atom is -0.373 e. The zero-order valence-electron chi connectivity index (χ0n) is 18.7. The van der Waals surface area contributed by atoms with E-state index in [0.29, 0.717) is 0 Å². The molecule has 0 aromatic heterocycles. The van der Waals surface area contributed by atoms with Gasteiger partial charge in [-0.3, -0.25) is 0 Å². The van der Waals surface area contributed by atoms with Crippen LogP contribution in [0.25, 0.3) is 0 Å². The van der Waals surface area contributed by atoms with Gasteiger partial charge in [0.15, 0.2) is 0 Å². The zero-order valence-corrected chi connectivity index (χ0v) is 18.7. The van der Waals surface area contributed by atoms with Crippen molar-refractivity contribution >= 4 is 0 Å². The molecule has 0 bridgehead atoms. The van der Waals surface area contributed by atoms with Crippen LogP contribution in [0.2, 0.25) is 0 Å². The number of hydrogen-bond donors (Lipinski definition) is 1. The van der Waals surface area contributed by atoms with Gasteiger partial charge in [-0.25, -0.2) is 0 Å². The van der Waals surface area contributed by atoms with Gasteiger partial charge in [-0.05, 0) is 68.4 Å². The molecular weight excluding hydrogens is 444 g/mol. The van der Waals surface area contributed by atoms with Crippen LogP contribution in [0.15, 0.2) is 48.5 Å². The van der Waals surface area contributed by atoms with Crippen LogP contribution in [0, 0.1) is 0 Å². The van der Waals surface area contributed by atoms with E-state index in [-0.39, 0.29) is 23.8 Å². The van der Waals surface area contributed by atoms with Gasteiger partial charge < -0.3 is 10.5 Å². The van der Waals surface area contributed by atoms with Crippen LogP contribution in [0.3, 0.4) is 0 Å². The molecule has 2 N–H and O–H groups in total. The van der Waals surface area contributed by atoms with Crippen LogP contribution in [-0.2, 0) is 22.5 Å². The Morgan fingerprint density at radius 2 is 1.39 bits per heavy atom. The van der Waals surface area contributed by atoms with Gasteiger partial charge in [0.2, 0.25) is 0 Å². The van der Waals surface area contributed by atoms with Crippen LogP contribution >= 0.6 is 0 Å². The van der Waals surface area contributed by atoms with Crippen molar-refractivity contribution in [2.75, 3.05) is 6.61 Å². The van der Waals surface area contributed by atoms with Crippen molar-refractivity contribution in [2.45, 2.75) is 75.4 Å². The second-order valence-corrected chi connectivity index (χ2v) is 9.15. The van der Waals surface area contributed by atoms with E-state index in [1.165, 1.54) is 6.92 Å². The molecule has 0 amide bonds. The fourth-order valence-electron chi connectivity index (χ4n) is 4.48. The number of nitrogens with two attached hydrogens (primary N) is 1. The molecule has 0 spiro atoms. The highest BCUT2D eigenvalue weighted by Crippen LogP contribution is 2.45. The van der Waals surface area contributed by atoms with Crippen LogP contribution in [0.1, 0.15) is 74.3 Å². The van der Waals surface area contributed by atoms with E-state index < -0.39 is 35.0 Å². The second-order valence-electron chi connectivity index (χ2n) is 9.15. The van der Waals surface area contributed by atoms with Gasteiger partial charge in [-0.1, -0.05) is 37.3 Å². The van der Waals surface area contributed by atoms with E-state index in [4.69, 9.17) is 10.5 Å². The lowest BCUT2D eigenvalue weighted by atomic mass is 9.64. The molecule has 0 saturated heterocycles. The first-order chi connectivity index (χ1) is 15.3. The van der Waals surface area contributed by atoms with Gasteiger partial charge in [0.25, 0.3) is 0 Å². The molecule has 33 heavy (non-hydrogen) atoms. The summed E-state index contributed by atoms with van der Waals surface area (Å²) in [6, 6.07) is 11.3. The van der Waals surface area contributed by atoms with Gasteiger partial charge in [0, 0.05) is 11.0 Å². The van der Waals surface area contributed by atoms with E-state index in [0.717, 1.165) is 49.8 Å². The molecule has 0 aliphatic heterocycles. The maximum atomic E-state index is 13.2. The van der Waals surface area contributed by atoms with Crippen LogP contribution in [0.4, 0.5) is 26.3 Å². The summed E-state index contributed by atoms with van der Waals surface area (Å²) < 4.78 is 85.5. The van der Waals surface area contributed by atoms with Crippen molar-refractivity contribution in [2.24, 2.45) is 5.73 Å². The number of halogens is 6. The molecule has 2 aromatic rings. The van der Waals surface area contributed by atoms with Crippen LogP contribution in [-0.4, -0.2) is 12.1 Å². The molecule has 1 aliphatic carbocycles. The summed E-state index contributed by atoms with van der Waals surface area (Å²) in [7, 11) is 0. The lowest BCUT2D eigenvalue weighted by Crippen LogP contribution is -2.48. The fourth-order valence-corrected chi connectivity index (χ4v) is 4.48. The van der Waals surface area contributed by atoms with Gasteiger partial charge in [0.1, 0.15) is 0 Å². The Labute approximate surface area is 190 Å². The Morgan fingerprint density at radius 3 is 1.85 bits per heavy atom. The molecule has 1 fully saturated rings. The summed E-state index contributed by atoms with van der Waals surface area (Å²) in [4.78, 5) is 0. The molecule has 1 aliphatic rings. The number of benzene rings is 2. The van der Waals surface area contributed by atoms with Crippen molar-refractivity contribution in [1.29, 1.82) is 0 Å². The van der Waals surface area contributed by atoms with Crippen molar-refractivity contribution in [1.82, 2.24) is 0 Å². The maximum Gasteiger partial charge on any atom is 0.416 e. The van der Waals surface area contributed by atoms with E-state index in [2.05, 4.69) is 0 Å². The Bertz CT molecular complexity index is 898. The Morgan fingerprint density at radius 1 is 0.879 bits per heavy atom. The quantitative estimate of drug-likeness (QED) is 0.443. The molecule has 1 saturated carbocycles. The van der Waals surface area contributed by atoms with E-state index in [9.17, 15) is 26.3 Å². The molecule has 3 rings (SSSR count). The summed E-state index contributed by atoms with van der Waals surface area (Å²) in [6.07, 6.45) is -6.93. The maximum absolute atomic E-state index is 13.2. The molecule has 0 radical (unpaired) electrons. The first-order valence-electron chi connectivity index (χ1n) is 11.0. The molecular formula is C25H29F6NO. The Kier molecular flexibility index (Phi) is 7.20. The van der Waals surface area contributed by atoms with Gasteiger partial charge in [-0.2, -0.15) is 26.3 Å². The first kappa shape index (κ1) is 25.6. The lowest BCUT2D eigenvalue weighted by molar-refractivity contribution is -0.143. The monoisotopic (exact) mass is 473 g/mol. The SMILES string of the molecule is CC[C@]1(N)CC[C@@](CO[C@H](C)c2cc(C(F)(F)F)cc(C(F)(F)F)c2)(c2ccccc2)CC1. The zero-order chi connectivity index (χ0) is 24.5. The minimum atomic E-state index is -4.89. The molecule has 1 atom stereocenters. The lowest BCUT2D eigenvalue weighted by Gasteiger charge is -2.45. The molecule has 2 nitrogen and oxygen atoms in total. The molecule has 182 valence electrons. The molecule has 0 unspecified atom stereocenters. The van der Waals surface area contributed by atoms with E-state index in [1.54, 1.807) is 0 Å². The van der Waals surface area contributed by atoms with Gasteiger partial charge in [-0.15, -0.1) is 0 Å². The predicted molar refractivity (Wildman–Crippen MR) is 115 cm³/mol. The number of hydrogen-bond acceptors (Lipinski definition) is 2. The predicted octanol–water partition coefficient (Wildman–Crippen LogP) is 7.42. The summed E-state index contributed by atoms with van der Waals surface area (Å²) in [5.74, 6) is 0. The average molecular weight is 474 g/mol. The topological polar surface area (TPSA) is 35.2 Å². The van der Waals surface area contributed by atoms with E-state index >= 15 is 0 Å². The highest BCUT2D eigenvalue weighted by atomic mass is 19.4. The van der Waals surface area contributed by atoms with E-state index in [1.807, 2.05) is 37.3 Å². The normalized spacial score (nSPS) is 25.1. The summed E-state index contributed by atoms with van der Waals surface area (Å²) in [5.41, 5.74) is 4.00. The van der Waals surface area contributed by atoms with Crippen LogP contribution in [0.5, 0.6) is 0 Å². The summed E-state index contributed by atoms with van der Waals surface area (Å²) in [5, 5.41) is 0. The number of rotatable bonds is 6. The third-order valence-corrected chi connectivity index (χ3v) is 6.98. The molecule has 8 heteroatoms. The van der Waals surface area contributed by atoms with Gasteiger partial charge >= 0.3 is 12.4 Å². The minimum absolute atomic E-state index is 0.133. The largest absolute Gasteiger partial charge is 0.416 e. The third-order valence-electron chi connectivity index (χ3n) is 6.98. The highest BCUT2D eigenvalue weighted by molar-refractivity contribution is 5.35. The summed E-state index contributed by atoms with van der Waals surface area (Å²) in [6.45, 7) is 3.70. The average Bonchev–Trinajstić information content (AvgIpc) is 2.78. The highest BCUT2D eigenvalue weighted by Gasteiger charge is 2.42. The molecule has 2 aromatic carbocycles. The standard InChI is InChI=1S/C25H29F6NO/c1-3-23(32)11-9-22(10-12-23,19-7-5-4-6-8-19)16-33-17(2)18-13-20(24(26,27)28)15-21(14-18)25(29,30)31/h4-8,13-15,17H,3,9-12,16,32H2,1-2H3/t17-,22-,23+/m1/s1. The smallest absolute Gasteiger partial charge is 0.373 e. The third kappa shape index (κ3) is 5.90. The van der Waals surface area contributed by atoms with Crippen molar-refractivity contribution in [3.05, 3.63) is 70.8 Å².